The van der Waals surface area contributed by atoms with Crippen LogP contribution >= 0.6 is 12.4 Å². The molecule has 0 aromatic heterocycles. The Morgan fingerprint density at radius 2 is 2.14 bits per heavy atom. The molecule has 1 rings (SSSR count). The number of nitrogens with two attached hydrogens (primary N) is 1. The lowest BCUT2D eigenvalue weighted by molar-refractivity contribution is 0.411. The summed E-state index contributed by atoms with van der Waals surface area (Å²) < 4.78 is 5.19. The normalized spacial score (nSPS) is 11.4. The van der Waals surface area contributed by atoms with Gasteiger partial charge in [-0.05, 0) is 24.1 Å². The predicted molar refractivity (Wildman–Crippen MR) is 62.1 cm³/mol. The summed E-state index contributed by atoms with van der Waals surface area (Å²) in [4.78, 5) is 0. The highest BCUT2D eigenvalue weighted by atomic mass is 35.5. The van der Waals surface area contributed by atoms with E-state index in [1.54, 1.807) is 13.2 Å². The maximum Gasteiger partial charge on any atom is 0.122 e. The van der Waals surface area contributed by atoms with E-state index in [-0.39, 0.29) is 18.4 Å². The Bertz CT molecular complexity index is 312. The summed E-state index contributed by atoms with van der Waals surface area (Å²) in [5, 5.41) is 0. The molecule has 1 atom stereocenters. The van der Waals surface area contributed by atoms with Crippen LogP contribution < -0.4 is 10.5 Å². The van der Waals surface area contributed by atoms with Crippen LogP contribution in [0.5, 0.6) is 5.75 Å². The summed E-state index contributed by atoms with van der Waals surface area (Å²) in [5.74, 6) is 0.870. The van der Waals surface area contributed by atoms with Crippen molar-refractivity contribution in [2.75, 3.05) is 7.11 Å². The Morgan fingerprint density at radius 1 is 1.50 bits per heavy atom. The van der Waals surface area contributed by atoms with E-state index in [9.17, 15) is 0 Å². The molecule has 1 aromatic carbocycles. The molecule has 0 fully saturated rings. The van der Waals surface area contributed by atoms with Crippen molar-refractivity contribution in [3.05, 3.63) is 42.0 Å². The molecule has 0 heterocycles. The van der Waals surface area contributed by atoms with Crippen molar-refractivity contribution in [2.45, 2.75) is 13.0 Å². The topological polar surface area (TPSA) is 35.2 Å². The fourth-order valence-electron chi connectivity index (χ4n) is 1.18. The van der Waals surface area contributed by atoms with E-state index in [1.807, 2.05) is 25.1 Å². The van der Waals surface area contributed by atoms with E-state index in [2.05, 4.69) is 6.58 Å². The first-order valence-corrected chi connectivity index (χ1v) is 4.21. The average Bonchev–Trinajstić information content (AvgIpc) is 2.17. The van der Waals surface area contributed by atoms with Gasteiger partial charge in [0.05, 0.1) is 7.11 Å². The van der Waals surface area contributed by atoms with Crippen LogP contribution in [0, 0.1) is 6.92 Å². The van der Waals surface area contributed by atoms with Crippen LogP contribution in [0.1, 0.15) is 17.2 Å². The number of aryl methyl sites for hydroxylation is 1. The van der Waals surface area contributed by atoms with Crippen molar-refractivity contribution in [2.24, 2.45) is 5.73 Å². The number of ether oxygens (including phenoxy) is 1. The zero-order valence-electron chi connectivity index (χ0n) is 8.49. The molecule has 0 saturated heterocycles. The lowest BCUT2D eigenvalue weighted by atomic mass is 10.1. The monoisotopic (exact) mass is 213 g/mol. The predicted octanol–water partition coefficient (Wildman–Crippen LogP) is 2.61. The Morgan fingerprint density at radius 3 is 2.64 bits per heavy atom. The SMILES string of the molecule is C=C[C@H](N)c1ccc(C)c(OC)c1.Cl. The van der Waals surface area contributed by atoms with E-state index in [1.165, 1.54) is 0 Å². The minimum Gasteiger partial charge on any atom is -0.496 e. The molecule has 0 aliphatic carbocycles. The van der Waals surface area contributed by atoms with Gasteiger partial charge >= 0.3 is 0 Å². The van der Waals surface area contributed by atoms with E-state index < -0.39 is 0 Å². The molecule has 0 radical (unpaired) electrons. The van der Waals surface area contributed by atoms with Crippen LogP contribution in [0.2, 0.25) is 0 Å². The highest BCUT2D eigenvalue weighted by Crippen LogP contribution is 2.22. The van der Waals surface area contributed by atoms with Gasteiger partial charge in [-0.3, -0.25) is 0 Å². The molecule has 2 nitrogen and oxygen atoms in total. The maximum atomic E-state index is 5.79. The zero-order valence-corrected chi connectivity index (χ0v) is 9.30. The van der Waals surface area contributed by atoms with E-state index >= 15 is 0 Å². The van der Waals surface area contributed by atoms with Gasteiger partial charge in [0.1, 0.15) is 5.75 Å². The van der Waals surface area contributed by atoms with E-state index in [0.29, 0.717) is 0 Å². The smallest absolute Gasteiger partial charge is 0.122 e. The molecule has 0 aliphatic heterocycles. The van der Waals surface area contributed by atoms with Crippen LogP contribution in [-0.2, 0) is 0 Å². The second kappa shape index (κ2) is 5.68. The molecule has 0 bridgehead atoms. The van der Waals surface area contributed by atoms with Crippen LogP contribution in [0.3, 0.4) is 0 Å². The molecule has 14 heavy (non-hydrogen) atoms. The first kappa shape index (κ1) is 13.0. The van der Waals surface area contributed by atoms with Crippen molar-refractivity contribution in [3.63, 3.8) is 0 Å². The molecule has 0 spiro atoms. The maximum absolute atomic E-state index is 5.79. The number of hydrogen-bond donors (Lipinski definition) is 1. The van der Waals surface area contributed by atoms with Gasteiger partial charge in [0.2, 0.25) is 0 Å². The third kappa shape index (κ3) is 2.76. The highest BCUT2D eigenvalue weighted by Gasteiger charge is 2.04. The number of rotatable bonds is 3. The molecule has 78 valence electrons. The van der Waals surface area contributed by atoms with Crippen molar-refractivity contribution < 1.29 is 4.74 Å². The Hall–Kier alpha value is -0.990. The fourth-order valence-corrected chi connectivity index (χ4v) is 1.18. The van der Waals surface area contributed by atoms with Crippen molar-refractivity contribution in [1.29, 1.82) is 0 Å². The van der Waals surface area contributed by atoms with Gasteiger partial charge in [0.15, 0.2) is 0 Å². The Labute approximate surface area is 91.2 Å². The molecular weight excluding hydrogens is 198 g/mol. The first-order chi connectivity index (χ1) is 6.19. The molecular formula is C11H16ClNO. The quantitative estimate of drug-likeness (QED) is 0.784. The summed E-state index contributed by atoms with van der Waals surface area (Å²) >= 11 is 0. The van der Waals surface area contributed by atoms with Gasteiger partial charge in [0.25, 0.3) is 0 Å². The van der Waals surface area contributed by atoms with Gasteiger partial charge in [-0.25, -0.2) is 0 Å². The highest BCUT2D eigenvalue weighted by molar-refractivity contribution is 5.85. The third-order valence-corrected chi connectivity index (χ3v) is 2.07. The lowest BCUT2D eigenvalue weighted by Crippen LogP contribution is -2.06. The molecule has 3 heteroatoms. The number of halogens is 1. The van der Waals surface area contributed by atoms with Crippen LogP contribution in [0.25, 0.3) is 0 Å². The summed E-state index contributed by atoms with van der Waals surface area (Å²) in [6.07, 6.45) is 1.71. The molecule has 1 aromatic rings. The summed E-state index contributed by atoms with van der Waals surface area (Å²) in [5.41, 5.74) is 7.93. The van der Waals surface area contributed by atoms with Gasteiger partial charge in [0, 0.05) is 6.04 Å². The zero-order chi connectivity index (χ0) is 9.84. The van der Waals surface area contributed by atoms with Crippen LogP contribution in [-0.4, -0.2) is 7.11 Å². The average molecular weight is 214 g/mol. The Balaban J connectivity index is 0.00000169. The van der Waals surface area contributed by atoms with Crippen molar-refractivity contribution in [3.8, 4) is 5.75 Å². The second-order valence-electron chi connectivity index (χ2n) is 2.99. The number of benzene rings is 1. The van der Waals surface area contributed by atoms with E-state index in [4.69, 9.17) is 10.5 Å². The second-order valence-corrected chi connectivity index (χ2v) is 2.99. The lowest BCUT2D eigenvalue weighted by Gasteiger charge is -2.10. The third-order valence-electron chi connectivity index (χ3n) is 2.07. The van der Waals surface area contributed by atoms with Crippen LogP contribution in [0.4, 0.5) is 0 Å². The standard InChI is InChI=1S/C11H15NO.ClH/c1-4-10(12)9-6-5-8(2)11(7-9)13-3;/h4-7,10H,1,12H2,2-3H3;1H/t10-;/m0./s1. The van der Waals surface area contributed by atoms with E-state index in [0.717, 1.165) is 16.9 Å². The molecule has 0 amide bonds. The summed E-state index contributed by atoms with van der Waals surface area (Å²) in [6, 6.07) is 5.82. The first-order valence-electron chi connectivity index (χ1n) is 4.21. The summed E-state index contributed by atoms with van der Waals surface area (Å²) in [7, 11) is 1.66. The minimum absolute atomic E-state index is 0. The Kier molecular flexibility index (Phi) is 5.28. The fraction of sp³-hybridized carbons (Fsp3) is 0.273. The number of hydrogen-bond acceptors (Lipinski definition) is 2. The molecule has 0 aliphatic rings. The molecule has 0 unspecified atom stereocenters. The largest absolute Gasteiger partial charge is 0.496 e. The molecule has 2 N–H and O–H groups in total. The van der Waals surface area contributed by atoms with Gasteiger partial charge in [-0.15, -0.1) is 19.0 Å². The number of methoxy groups -OCH3 is 1. The van der Waals surface area contributed by atoms with Crippen molar-refractivity contribution in [1.82, 2.24) is 0 Å². The minimum atomic E-state index is -0.116. The summed E-state index contributed by atoms with van der Waals surface area (Å²) in [6.45, 7) is 5.65. The van der Waals surface area contributed by atoms with Gasteiger partial charge in [-0.1, -0.05) is 18.2 Å². The van der Waals surface area contributed by atoms with Gasteiger partial charge < -0.3 is 10.5 Å². The van der Waals surface area contributed by atoms with Gasteiger partial charge in [-0.2, -0.15) is 0 Å². The molecule has 0 saturated carbocycles. The van der Waals surface area contributed by atoms with Crippen molar-refractivity contribution >= 4 is 12.4 Å². The van der Waals surface area contributed by atoms with Crippen LogP contribution in [0.15, 0.2) is 30.9 Å².